The Morgan fingerprint density at radius 3 is 2.67 bits per heavy atom. The molecule has 1 N–H and O–H groups in total. The molecule has 0 bridgehead atoms. The largest absolute Gasteiger partial charge is 0.479 e. The van der Waals surface area contributed by atoms with Gasteiger partial charge < -0.3 is 10.0 Å². The number of hydrogen-bond donors (Lipinski definition) is 1. The summed E-state index contributed by atoms with van der Waals surface area (Å²) < 4.78 is 14.0. The number of carboxylic acids is 1. The Morgan fingerprint density at radius 2 is 2.04 bits per heavy atom. The van der Waals surface area contributed by atoms with Crippen molar-refractivity contribution in [1.82, 2.24) is 25.1 Å². The zero-order valence-corrected chi connectivity index (χ0v) is 13.1. The van der Waals surface area contributed by atoms with E-state index in [1.807, 2.05) is 0 Å². The summed E-state index contributed by atoms with van der Waals surface area (Å²) in [5, 5.41) is 21.1. The molecule has 0 saturated carbocycles. The van der Waals surface area contributed by atoms with Gasteiger partial charge in [-0.3, -0.25) is 4.79 Å². The number of tetrazole rings is 1. The predicted molar refractivity (Wildman–Crippen MR) is 80.9 cm³/mol. The third-order valence-corrected chi connectivity index (χ3v) is 4.04. The minimum atomic E-state index is -2.39. The number of nitrogens with zero attached hydrogens (tertiary/aromatic N) is 5. The summed E-state index contributed by atoms with van der Waals surface area (Å²) in [5.74, 6) is -1.69. The molecule has 0 radical (unpaired) electrons. The lowest BCUT2D eigenvalue weighted by molar-refractivity contribution is -0.150. The van der Waals surface area contributed by atoms with Crippen molar-refractivity contribution in [2.24, 2.45) is 0 Å². The number of carbonyl (C=O) groups excluding carboxylic acids is 1. The SMILES string of the molecule is O=C(Cn1nnc(-c2ccc(Cl)cc2)n1)N1CCC(F)(C(=O)O)C1. The van der Waals surface area contributed by atoms with Crippen LogP contribution in [0.25, 0.3) is 11.4 Å². The summed E-state index contributed by atoms with van der Waals surface area (Å²) in [4.78, 5) is 25.2. The van der Waals surface area contributed by atoms with E-state index in [9.17, 15) is 14.0 Å². The third-order valence-electron chi connectivity index (χ3n) is 3.79. The maximum Gasteiger partial charge on any atom is 0.343 e. The number of aromatic nitrogens is 4. The lowest BCUT2D eigenvalue weighted by Crippen LogP contribution is -2.40. The Balaban J connectivity index is 1.66. The van der Waals surface area contributed by atoms with Crippen LogP contribution < -0.4 is 0 Å². The molecule has 1 unspecified atom stereocenters. The summed E-state index contributed by atoms with van der Waals surface area (Å²) in [5.41, 5.74) is -1.70. The third kappa shape index (κ3) is 3.21. The van der Waals surface area contributed by atoms with Crippen molar-refractivity contribution in [3.63, 3.8) is 0 Å². The van der Waals surface area contributed by atoms with Crippen molar-refractivity contribution < 1.29 is 19.1 Å². The monoisotopic (exact) mass is 353 g/mol. The van der Waals surface area contributed by atoms with E-state index in [0.29, 0.717) is 16.4 Å². The first-order valence-corrected chi connectivity index (χ1v) is 7.49. The number of amides is 1. The van der Waals surface area contributed by atoms with E-state index in [1.165, 1.54) is 0 Å². The van der Waals surface area contributed by atoms with Crippen LogP contribution in [0, 0.1) is 0 Å². The second-order valence-electron chi connectivity index (χ2n) is 5.49. The highest BCUT2D eigenvalue weighted by molar-refractivity contribution is 6.30. The van der Waals surface area contributed by atoms with Gasteiger partial charge >= 0.3 is 5.97 Å². The molecule has 1 amide bonds. The van der Waals surface area contributed by atoms with Crippen LogP contribution in [0.5, 0.6) is 0 Å². The molecule has 1 aromatic heterocycles. The molecule has 1 aromatic carbocycles. The number of carbonyl (C=O) groups is 2. The van der Waals surface area contributed by atoms with Gasteiger partial charge in [0.25, 0.3) is 0 Å². The van der Waals surface area contributed by atoms with Gasteiger partial charge in [-0.05, 0) is 29.5 Å². The van der Waals surface area contributed by atoms with E-state index in [1.54, 1.807) is 24.3 Å². The molecular weight excluding hydrogens is 341 g/mol. The molecule has 1 fully saturated rings. The minimum absolute atomic E-state index is 0.0420. The first kappa shape index (κ1) is 16.3. The molecule has 1 saturated heterocycles. The molecule has 24 heavy (non-hydrogen) atoms. The normalized spacial score (nSPS) is 20.3. The van der Waals surface area contributed by atoms with E-state index in [4.69, 9.17) is 16.7 Å². The molecule has 1 atom stereocenters. The van der Waals surface area contributed by atoms with E-state index in [-0.39, 0.29) is 19.5 Å². The first-order valence-electron chi connectivity index (χ1n) is 7.11. The van der Waals surface area contributed by atoms with Crippen molar-refractivity contribution in [2.75, 3.05) is 13.1 Å². The lowest BCUT2D eigenvalue weighted by atomic mass is 10.1. The molecule has 8 nitrogen and oxygen atoms in total. The Kier molecular flexibility index (Phi) is 4.18. The number of halogens is 2. The average Bonchev–Trinajstić information content (AvgIpc) is 3.16. The smallest absolute Gasteiger partial charge is 0.343 e. The fourth-order valence-corrected chi connectivity index (χ4v) is 2.53. The fourth-order valence-electron chi connectivity index (χ4n) is 2.41. The quantitative estimate of drug-likeness (QED) is 0.880. The van der Waals surface area contributed by atoms with Crippen LogP contribution in [0.1, 0.15) is 6.42 Å². The van der Waals surface area contributed by atoms with Crippen molar-refractivity contribution in [3.05, 3.63) is 29.3 Å². The number of alkyl halides is 1. The van der Waals surface area contributed by atoms with Crippen molar-refractivity contribution >= 4 is 23.5 Å². The van der Waals surface area contributed by atoms with Gasteiger partial charge in [0.1, 0.15) is 6.54 Å². The zero-order valence-electron chi connectivity index (χ0n) is 12.4. The van der Waals surface area contributed by atoms with E-state index >= 15 is 0 Å². The summed E-state index contributed by atoms with van der Waals surface area (Å²) >= 11 is 5.81. The highest BCUT2D eigenvalue weighted by Crippen LogP contribution is 2.26. The highest BCUT2D eigenvalue weighted by Gasteiger charge is 2.46. The molecule has 2 aromatic rings. The van der Waals surface area contributed by atoms with Crippen LogP contribution in [0.3, 0.4) is 0 Å². The number of benzene rings is 1. The van der Waals surface area contributed by atoms with E-state index in [2.05, 4.69) is 15.4 Å². The molecule has 0 spiro atoms. The summed E-state index contributed by atoms with van der Waals surface area (Å²) in [6, 6.07) is 6.80. The molecule has 0 aliphatic carbocycles. The Bertz CT molecular complexity index is 781. The number of rotatable bonds is 4. The predicted octanol–water partition coefficient (Wildman–Crippen LogP) is 1.02. The summed E-state index contributed by atoms with van der Waals surface area (Å²) in [6.07, 6.45) is -0.227. The van der Waals surface area contributed by atoms with Crippen LogP contribution in [-0.2, 0) is 16.1 Å². The van der Waals surface area contributed by atoms with Gasteiger partial charge in [-0.15, -0.1) is 10.2 Å². The van der Waals surface area contributed by atoms with Crippen molar-refractivity contribution in [3.8, 4) is 11.4 Å². The number of carboxylic acid groups (broad SMARTS) is 1. The Hall–Kier alpha value is -2.55. The molecule has 126 valence electrons. The molecule has 10 heteroatoms. The van der Waals surface area contributed by atoms with E-state index in [0.717, 1.165) is 9.70 Å². The maximum atomic E-state index is 14.0. The second kappa shape index (κ2) is 6.16. The van der Waals surface area contributed by atoms with Gasteiger partial charge in [-0.25, -0.2) is 9.18 Å². The molecule has 2 heterocycles. The van der Waals surface area contributed by atoms with Crippen molar-refractivity contribution in [2.45, 2.75) is 18.6 Å². The van der Waals surface area contributed by atoms with Crippen LogP contribution >= 0.6 is 11.6 Å². The minimum Gasteiger partial charge on any atom is -0.479 e. The summed E-state index contributed by atoms with van der Waals surface area (Å²) in [6.45, 7) is -0.670. The van der Waals surface area contributed by atoms with Gasteiger partial charge in [0.2, 0.25) is 17.4 Å². The highest BCUT2D eigenvalue weighted by atomic mass is 35.5. The molecule has 3 rings (SSSR count). The van der Waals surface area contributed by atoms with Gasteiger partial charge in [-0.1, -0.05) is 11.6 Å². The van der Waals surface area contributed by atoms with Gasteiger partial charge in [-0.2, -0.15) is 4.80 Å². The number of aliphatic carboxylic acids is 1. The Labute approximate surface area is 140 Å². The van der Waals surface area contributed by atoms with Crippen LogP contribution in [0.15, 0.2) is 24.3 Å². The van der Waals surface area contributed by atoms with Crippen LogP contribution in [0.2, 0.25) is 5.02 Å². The molecule has 1 aliphatic heterocycles. The zero-order chi connectivity index (χ0) is 17.3. The number of likely N-dealkylation sites (tertiary alicyclic amines) is 1. The van der Waals surface area contributed by atoms with Gasteiger partial charge in [0.05, 0.1) is 6.54 Å². The van der Waals surface area contributed by atoms with Gasteiger partial charge in [0.15, 0.2) is 0 Å². The van der Waals surface area contributed by atoms with E-state index < -0.39 is 24.1 Å². The topological polar surface area (TPSA) is 101 Å². The Morgan fingerprint density at radius 1 is 1.33 bits per heavy atom. The average molecular weight is 354 g/mol. The van der Waals surface area contributed by atoms with Crippen LogP contribution in [0.4, 0.5) is 4.39 Å². The molecular formula is C14H13ClFN5O3. The van der Waals surface area contributed by atoms with Crippen molar-refractivity contribution in [1.29, 1.82) is 0 Å². The number of hydrogen-bond acceptors (Lipinski definition) is 5. The standard InChI is InChI=1S/C14H13ClFN5O3/c15-10-3-1-9(2-4-10)12-17-19-21(18-12)7-11(22)20-6-5-14(16,8-20)13(23)24/h1-4H,5-8H2,(H,23,24). The lowest BCUT2D eigenvalue weighted by Gasteiger charge is -2.17. The molecule has 1 aliphatic rings. The maximum absolute atomic E-state index is 14.0. The fraction of sp³-hybridized carbons (Fsp3) is 0.357. The summed E-state index contributed by atoms with van der Waals surface area (Å²) in [7, 11) is 0. The van der Waals surface area contributed by atoms with Gasteiger partial charge in [0, 0.05) is 23.6 Å². The second-order valence-corrected chi connectivity index (χ2v) is 5.92. The first-order chi connectivity index (χ1) is 11.4. The van der Waals surface area contributed by atoms with Crippen LogP contribution in [-0.4, -0.2) is 60.8 Å².